The lowest BCUT2D eigenvalue weighted by Crippen LogP contribution is -2.25. The first-order valence-electron chi connectivity index (χ1n) is 10.5. The highest BCUT2D eigenvalue weighted by Crippen LogP contribution is 2.21. The van der Waals surface area contributed by atoms with E-state index >= 15 is 0 Å². The molecule has 1 aliphatic heterocycles. The van der Waals surface area contributed by atoms with Crippen LogP contribution in [0.15, 0.2) is 35.6 Å². The number of aromatic nitrogens is 4. The summed E-state index contributed by atoms with van der Waals surface area (Å²) in [5, 5.41) is 0.159. The third kappa shape index (κ3) is 4.58. The van der Waals surface area contributed by atoms with E-state index in [2.05, 4.69) is 19.9 Å². The zero-order valence-electron chi connectivity index (χ0n) is 17.5. The lowest BCUT2D eigenvalue weighted by Gasteiger charge is -2.19. The molecule has 1 aromatic carbocycles. The van der Waals surface area contributed by atoms with E-state index in [1.54, 1.807) is 6.20 Å². The van der Waals surface area contributed by atoms with Crippen molar-refractivity contribution in [2.24, 2.45) is 0 Å². The Morgan fingerprint density at radius 2 is 2.13 bits per heavy atom. The van der Waals surface area contributed by atoms with E-state index in [-0.39, 0.29) is 17.0 Å². The van der Waals surface area contributed by atoms with Crippen molar-refractivity contribution in [1.29, 1.82) is 0 Å². The van der Waals surface area contributed by atoms with Gasteiger partial charge in [-0.15, -0.1) is 0 Å². The molecule has 0 spiro atoms. The number of H-pyrrole nitrogens is 1. The van der Waals surface area contributed by atoms with E-state index in [1.807, 2.05) is 42.8 Å². The molecule has 0 radical (unpaired) electrons. The molecule has 3 heterocycles. The van der Waals surface area contributed by atoms with Crippen LogP contribution in [-0.4, -0.2) is 58.3 Å². The summed E-state index contributed by atoms with van der Waals surface area (Å²) in [7, 11) is -1.42. The summed E-state index contributed by atoms with van der Waals surface area (Å²) in [6.07, 6.45) is 4.25. The van der Waals surface area contributed by atoms with Crippen LogP contribution in [0.1, 0.15) is 37.7 Å². The van der Waals surface area contributed by atoms with Crippen molar-refractivity contribution in [1.82, 2.24) is 24.4 Å². The summed E-state index contributed by atoms with van der Waals surface area (Å²) in [5.74, 6) is 0.979. The van der Waals surface area contributed by atoms with Gasteiger partial charge in [-0.05, 0) is 38.4 Å². The van der Waals surface area contributed by atoms with Crippen LogP contribution >= 0.6 is 0 Å². The average Bonchev–Trinajstić information content (AvgIpc) is 3.42. The third-order valence-corrected chi connectivity index (χ3v) is 7.18. The second-order valence-electron chi connectivity index (χ2n) is 7.97. The Bertz CT molecular complexity index is 1070. The van der Waals surface area contributed by atoms with Gasteiger partial charge in [-0.25, -0.2) is 18.4 Å². The van der Waals surface area contributed by atoms with Gasteiger partial charge in [0.1, 0.15) is 5.82 Å². The molecule has 8 nitrogen and oxygen atoms in total. The lowest BCUT2D eigenvalue weighted by atomic mass is 10.2. The van der Waals surface area contributed by atoms with Gasteiger partial charge in [0.05, 0.1) is 47.9 Å². The van der Waals surface area contributed by atoms with E-state index in [0.717, 1.165) is 42.0 Å². The van der Waals surface area contributed by atoms with Crippen LogP contribution in [0.3, 0.4) is 0 Å². The number of para-hydroxylation sites is 2. The minimum absolute atomic E-state index is 0.0363. The fraction of sp³-hybridized carbons (Fsp3) is 0.524. The first kappa shape index (κ1) is 21.0. The molecule has 1 unspecified atom stereocenters. The van der Waals surface area contributed by atoms with Crippen LogP contribution in [0.5, 0.6) is 0 Å². The third-order valence-electron chi connectivity index (χ3n) is 5.35. The standard InChI is InChI=1S/C21H29N5O3S/c1-3-11-30(27,28)21-22-12-16(26(21)14-17-7-6-10-29-17)13-25(2)15-20-23-18-8-4-5-9-19(18)24-20/h4-5,8-9,12,17H,3,6-7,10-11,13-15H2,1-2H3,(H,23,24). The normalized spacial score (nSPS) is 17.4. The van der Waals surface area contributed by atoms with Gasteiger partial charge < -0.3 is 14.3 Å². The Morgan fingerprint density at radius 1 is 1.30 bits per heavy atom. The van der Waals surface area contributed by atoms with E-state index in [4.69, 9.17) is 4.74 Å². The Morgan fingerprint density at radius 3 is 2.87 bits per heavy atom. The molecule has 2 aromatic heterocycles. The van der Waals surface area contributed by atoms with Crippen molar-refractivity contribution in [3.63, 3.8) is 0 Å². The predicted octanol–water partition coefficient (Wildman–Crippen LogP) is 2.75. The molecule has 0 bridgehead atoms. The number of aromatic amines is 1. The molecule has 0 amide bonds. The number of hydrogen-bond acceptors (Lipinski definition) is 6. The molecular weight excluding hydrogens is 402 g/mol. The summed E-state index contributed by atoms with van der Waals surface area (Å²) in [6.45, 7) is 4.31. The first-order chi connectivity index (χ1) is 14.5. The topological polar surface area (TPSA) is 93.1 Å². The number of nitrogens with zero attached hydrogens (tertiary/aromatic N) is 4. The zero-order valence-corrected chi connectivity index (χ0v) is 18.4. The smallest absolute Gasteiger partial charge is 0.227 e. The van der Waals surface area contributed by atoms with E-state index < -0.39 is 9.84 Å². The highest BCUT2D eigenvalue weighted by atomic mass is 32.2. The Balaban J connectivity index is 1.55. The molecule has 1 atom stereocenters. The molecule has 0 aliphatic carbocycles. The van der Waals surface area contributed by atoms with Crippen molar-refractivity contribution in [3.8, 4) is 0 Å². The molecule has 1 saturated heterocycles. The van der Waals surface area contributed by atoms with Crippen molar-refractivity contribution in [2.75, 3.05) is 19.4 Å². The minimum Gasteiger partial charge on any atom is -0.376 e. The molecule has 30 heavy (non-hydrogen) atoms. The summed E-state index contributed by atoms with van der Waals surface area (Å²) in [4.78, 5) is 14.4. The Hall–Kier alpha value is -2.23. The molecule has 1 fully saturated rings. The quantitative estimate of drug-likeness (QED) is 0.560. The molecule has 1 N–H and O–H groups in total. The molecule has 162 valence electrons. The van der Waals surface area contributed by atoms with Crippen molar-refractivity contribution in [3.05, 3.63) is 42.0 Å². The Kier molecular flexibility index (Phi) is 6.21. The largest absolute Gasteiger partial charge is 0.376 e. The Labute approximate surface area is 177 Å². The fourth-order valence-electron chi connectivity index (χ4n) is 3.98. The van der Waals surface area contributed by atoms with Gasteiger partial charge in [-0.2, -0.15) is 0 Å². The summed E-state index contributed by atoms with van der Waals surface area (Å²) < 4.78 is 33.1. The number of ether oxygens (including phenoxy) is 1. The molecule has 1 aliphatic rings. The number of sulfone groups is 1. The van der Waals surface area contributed by atoms with Gasteiger partial charge >= 0.3 is 0 Å². The first-order valence-corrected chi connectivity index (χ1v) is 12.1. The van der Waals surface area contributed by atoms with Crippen LogP contribution in [0.25, 0.3) is 11.0 Å². The molecule has 3 aromatic rings. The highest BCUT2D eigenvalue weighted by Gasteiger charge is 2.26. The van der Waals surface area contributed by atoms with Gasteiger partial charge in [-0.3, -0.25) is 4.90 Å². The number of imidazole rings is 2. The second kappa shape index (κ2) is 8.87. The molecular formula is C21H29N5O3S. The van der Waals surface area contributed by atoms with Gasteiger partial charge in [0, 0.05) is 13.2 Å². The van der Waals surface area contributed by atoms with Gasteiger partial charge in [0.2, 0.25) is 15.0 Å². The van der Waals surface area contributed by atoms with Crippen LogP contribution < -0.4 is 0 Å². The van der Waals surface area contributed by atoms with Gasteiger partial charge in [-0.1, -0.05) is 19.1 Å². The number of rotatable bonds is 9. The summed E-state index contributed by atoms with van der Waals surface area (Å²) in [6, 6.07) is 7.94. The molecule has 0 saturated carbocycles. The maximum Gasteiger partial charge on any atom is 0.227 e. The van der Waals surface area contributed by atoms with Crippen LogP contribution in [-0.2, 0) is 34.2 Å². The predicted molar refractivity (Wildman–Crippen MR) is 115 cm³/mol. The second-order valence-corrected chi connectivity index (χ2v) is 9.97. The lowest BCUT2D eigenvalue weighted by molar-refractivity contribution is 0.0934. The van der Waals surface area contributed by atoms with Crippen LogP contribution in [0, 0.1) is 0 Å². The highest BCUT2D eigenvalue weighted by molar-refractivity contribution is 7.91. The van der Waals surface area contributed by atoms with Gasteiger partial charge in [0.15, 0.2) is 0 Å². The zero-order chi connectivity index (χ0) is 21.1. The summed E-state index contributed by atoms with van der Waals surface area (Å²) in [5.41, 5.74) is 2.83. The van der Waals surface area contributed by atoms with Gasteiger partial charge in [0.25, 0.3) is 0 Å². The number of benzene rings is 1. The molecule has 9 heteroatoms. The van der Waals surface area contributed by atoms with E-state index in [9.17, 15) is 8.42 Å². The van der Waals surface area contributed by atoms with Crippen LogP contribution in [0.4, 0.5) is 0 Å². The minimum atomic E-state index is -3.41. The maximum absolute atomic E-state index is 12.8. The summed E-state index contributed by atoms with van der Waals surface area (Å²) >= 11 is 0. The maximum atomic E-state index is 12.8. The van der Waals surface area contributed by atoms with Crippen molar-refractivity contribution >= 4 is 20.9 Å². The van der Waals surface area contributed by atoms with Crippen molar-refractivity contribution < 1.29 is 13.2 Å². The number of fused-ring (bicyclic) bond motifs is 1. The SMILES string of the molecule is CCCS(=O)(=O)c1ncc(CN(C)Cc2nc3ccccc3[nH]2)n1CC1CCCO1. The van der Waals surface area contributed by atoms with E-state index in [0.29, 0.717) is 26.1 Å². The van der Waals surface area contributed by atoms with Crippen molar-refractivity contribution in [2.45, 2.75) is 57.1 Å². The number of hydrogen-bond donors (Lipinski definition) is 1. The fourth-order valence-corrected chi connectivity index (χ4v) is 5.44. The monoisotopic (exact) mass is 431 g/mol. The molecule has 4 rings (SSSR count). The van der Waals surface area contributed by atoms with Crippen LogP contribution in [0.2, 0.25) is 0 Å². The van der Waals surface area contributed by atoms with E-state index in [1.165, 1.54) is 0 Å². The average molecular weight is 432 g/mol. The number of nitrogens with one attached hydrogen (secondary N) is 1.